The van der Waals surface area contributed by atoms with Crippen molar-refractivity contribution in [2.75, 3.05) is 6.54 Å². The van der Waals surface area contributed by atoms with Gasteiger partial charge >= 0.3 is 0 Å². The number of benzene rings is 1. The van der Waals surface area contributed by atoms with E-state index >= 15 is 0 Å². The molecular weight excluding hydrogens is 266 g/mol. The first-order valence-electron chi connectivity index (χ1n) is 6.94. The minimum absolute atomic E-state index is 0.0373. The third-order valence-electron chi connectivity index (χ3n) is 3.80. The lowest BCUT2D eigenvalue weighted by molar-refractivity contribution is 0.0998. The molecule has 0 bridgehead atoms. The predicted molar refractivity (Wildman–Crippen MR) is 79.8 cm³/mol. The molecule has 0 radical (unpaired) electrons. The quantitative estimate of drug-likeness (QED) is 0.883. The van der Waals surface area contributed by atoms with Crippen LogP contribution in [0.1, 0.15) is 27.2 Å². The van der Waals surface area contributed by atoms with Crippen molar-refractivity contribution in [2.24, 2.45) is 5.73 Å². The number of hydrogen-bond acceptors (Lipinski definition) is 3. The molecule has 0 atom stereocenters. The van der Waals surface area contributed by atoms with Gasteiger partial charge in [0.05, 0.1) is 0 Å². The second-order valence-corrected chi connectivity index (χ2v) is 5.33. The van der Waals surface area contributed by atoms with Crippen molar-refractivity contribution in [1.82, 2.24) is 9.88 Å². The highest BCUT2D eigenvalue weighted by molar-refractivity contribution is 5.92. The van der Waals surface area contributed by atoms with E-state index in [9.17, 15) is 9.59 Å². The van der Waals surface area contributed by atoms with E-state index in [1.807, 2.05) is 18.2 Å². The Labute approximate surface area is 122 Å². The molecule has 2 heterocycles. The zero-order valence-corrected chi connectivity index (χ0v) is 11.6. The summed E-state index contributed by atoms with van der Waals surface area (Å²) in [6, 6.07) is 11.9. The van der Waals surface area contributed by atoms with Gasteiger partial charge < -0.3 is 10.7 Å². The van der Waals surface area contributed by atoms with Crippen molar-refractivity contribution < 1.29 is 4.79 Å². The number of primary amides is 1. The number of pyridine rings is 1. The lowest BCUT2D eigenvalue weighted by Crippen LogP contribution is -2.34. The van der Waals surface area contributed by atoms with Crippen LogP contribution in [-0.2, 0) is 19.5 Å². The molecule has 2 aromatic rings. The number of nitrogens with two attached hydrogens (primary N) is 1. The average Bonchev–Trinajstić information content (AvgIpc) is 2.47. The topological polar surface area (TPSA) is 79.2 Å². The number of H-pyrrole nitrogens is 1. The minimum Gasteiger partial charge on any atom is -0.365 e. The maximum Gasteiger partial charge on any atom is 0.261 e. The lowest BCUT2D eigenvalue weighted by Gasteiger charge is -2.28. The van der Waals surface area contributed by atoms with Crippen LogP contribution in [0, 0.1) is 0 Å². The summed E-state index contributed by atoms with van der Waals surface area (Å²) in [5.41, 5.74) is 8.02. The number of fused-ring (bicyclic) bond motifs is 1. The van der Waals surface area contributed by atoms with Gasteiger partial charge in [-0.3, -0.25) is 14.5 Å². The van der Waals surface area contributed by atoms with Gasteiger partial charge in [0.25, 0.3) is 11.5 Å². The Bertz CT molecular complexity index is 722. The summed E-state index contributed by atoms with van der Waals surface area (Å²) in [5.74, 6) is -0.681. The summed E-state index contributed by atoms with van der Waals surface area (Å²) in [4.78, 5) is 28.1. The third kappa shape index (κ3) is 2.87. The van der Waals surface area contributed by atoms with E-state index in [0.717, 1.165) is 30.8 Å². The molecule has 0 saturated heterocycles. The molecule has 1 amide bonds. The highest BCUT2D eigenvalue weighted by Crippen LogP contribution is 2.18. The zero-order chi connectivity index (χ0) is 14.8. The number of nitrogens with zero attached hydrogens (tertiary/aromatic N) is 1. The van der Waals surface area contributed by atoms with Crippen molar-refractivity contribution in [3.05, 3.63) is 69.1 Å². The number of aromatic nitrogens is 1. The molecular formula is C16H17N3O2. The van der Waals surface area contributed by atoms with E-state index in [0.29, 0.717) is 6.54 Å². The Balaban J connectivity index is 1.83. The standard InChI is InChI=1S/C16H17N3O2/c17-15(20)13-8-12-10-19(7-6-14(12)18-16(13)21)9-11-4-2-1-3-5-11/h1-5,8H,6-7,9-10H2,(H2,17,20)(H,18,21). The largest absolute Gasteiger partial charge is 0.365 e. The summed E-state index contributed by atoms with van der Waals surface area (Å²) >= 11 is 0. The van der Waals surface area contributed by atoms with Gasteiger partial charge in [0, 0.05) is 31.7 Å². The normalized spacial score (nSPS) is 14.7. The van der Waals surface area contributed by atoms with Gasteiger partial charge in [-0.2, -0.15) is 0 Å². The maximum absolute atomic E-state index is 11.7. The number of aromatic amines is 1. The molecule has 1 aromatic heterocycles. The summed E-state index contributed by atoms with van der Waals surface area (Å²) in [5, 5.41) is 0. The zero-order valence-electron chi connectivity index (χ0n) is 11.6. The molecule has 5 nitrogen and oxygen atoms in total. The number of carbonyl (C=O) groups excluding carboxylic acids is 1. The van der Waals surface area contributed by atoms with Crippen LogP contribution >= 0.6 is 0 Å². The van der Waals surface area contributed by atoms with Crippen LogP contribution in [0.4, 0.5) is 0 Å². The van der Waals surface area contributed by atoms with Crippen molar-refractivity contribution in [2.45, 2.75) is 19.5 Å². The van der Waals surface area contributed by atoms with Crippen LogP contribution in [0.25, 0.3) is 0 Å². The number of carbonyl (C=O) groups is 1. The SMILES string of the molecule is NC(=O)c1cc2c([nH]c1=O)CCN(Cc1ccccc1)C2. The summed E-state index contributed by atoms with van der Waals surface area (Å²) in [6.45, 7) is 2.44. The van der Waals surface area contributed by atoms with Crippen molar-refractivity contribution in [3.63, 3.8) is 0 Å². The number of nitrogens with one attached hydrogen (secondary N) is 1. The monoisotopic (exact) mass is 283 g/mol. The molecule has 21 heavy (non-hydrogen) atoms. The van der Waals surface area contributed by atoms with Gasteiger partial charge in [-0.05, 0) is 17.2 Å². The first-order chi connectivity index (χ1) is 10.1. The fourth-order valence-electron chi connectivity index (χ4n) is 2.73. The third-order valence-corrected chi connectivity index (χ3v) is 3.80. The Morgan fingerprint density at radius 1 is 1.29 bits per heavy atom. The van der Waals surface area contributed by atoms with Crippen LogP contribution in [0.15, 0.2) is 41.2 Å². The molecule has 0 fully saturated rings. The predicted octanol–water partition coefficient (Wildman–Crippen LogP) is 1.03. The van der Waals surface area contributed by atoms with Crippen LogP contribution in [0.5, 0.6) is 0 Å². The van der Waals surface area contributed by atoms with Crippen molar-refractivity contribution in [1.29, 1.82) is 0 Å². The molecule has 0 saturated carbocycles. The average molecular weight is 283 g/mol. The second-order valence-electron chi connectivity index (χ2n) is 5.33. The molecule has 5 heteroatoms. The fourth-order valence-corrected chi connectivity index (χ4v) is 2.73. The highest BCUT2D eigenvalue weighted by Gasteiger charge is 2.19. The molecule has 1 aromatic carbocycles. The van der Waals surface area contributed by atoms with E-state index in [1.54, 1.807) is 6.07 Å². The van der Waals surface area contributed by atoms with Gasteiger partial charge in [0.2, 0.25) is 0 Å². The second kappa shape index (κ2) is 5.54. The number of hydrogen-bond donors (Lipinski definition) is 2. The molecule has 1 aliphatic heterocycles. The number of rotatable bonds is 3. The van der Waals surface area contributed by atoms with Crippen LogP contribution in [-0.4, -0.2) is 22.3 Å². The van der Waals surface area contributed by atoms with Crippen molar-refractivity contribution >= 4 is 5.91 Å². The van der Waals surface area contributed by atoms with Crippen LogP contribution in [0.2, 0.25) is 0 Å². The van der Waals surface area contributed by atoms with Gasteiger partial charge in [-0.15, -0.1) is 0 Å². The maximum atomic E-state index is 11.7. The highest BCUT2D eigenvalue weighted by atomic mass is 16.2. The van der Waals surface area contributed by atoms with Gasteiger partial charge in [-0.1, -0.05) is 30.3 Å². The Morgan fingerprint density at radius 2 is 2.05 bits per heavy atom. The lowest BCUT2D eigenvalue weighted by atomic mass is 10.0. The number of amides is 1. The van der Waals surface area contributed by atoms with E-state index in [-0.39, 0.29) is 5.56 Å². The Kier molecular flexibility index (Phi) is 3.58. The summed E-state index contributed by atoms with van der Waals surface area (Å²) in [6.07, 6.45) is 0.774. The first-order valence-corrected chi connectivity index (χ1v) is 6.94. The molecule has 0 aliphatic carbocycles. The molecule has 0 unspecified atom stereocenters. The van der Waals surface area contributed by atoms with Crippen molar-refractivity contribution in [3.8, 4) is 0 Å². The van der Waals surface area contributed by atoms with E-state index in [2.05, 4.69) is 22.0 Å². The van der Waals surface area contributed by atoms with Crippen LogP contribution in [0.3, 0.4) is 0 Å². The smallest absolute Gasteiger partial charge is 0.261 e. The molecule has 108 valence electrons. The molecule has 3 rings (SSSR count). The molecule has 1 aliphatic rings. The Morgan fingerprint density at radius 3 is 2.76 bits per heavy atom. The van der Waals surface area contributed by atoms with E-state index in [4.69, 9.17) is 5.73 Å². The summed E-state index contributed by atoms with van der Waals surface area (Å²) < 4.78 is 0. The van der Waals surface area contributed by atoms with E-state index < -0.39 is 11.5 Å². The Hall–Kier alpha value is -2.40. The molecule has 3 N–H and O–H groups in total. The first kappa shape index (κ1) is 13.6. The fraction of sp³-hybridized carbons (Fsp3) is 0.250. The van der Waals surface area contributed by atoms with Gasteiger partial charge in [0.1, 0.15) is 5.56 Å². The molecule has 0 spiro atoms. The van der Waals surface area contributed by atoms with Gasteiger partial charge in [0.15, 0.2) is 0 Å². The van der Waals surface area contributed by atoms with Crippen LogP contribution < -0.4 is 11.3 Å². The van der Waals surface area contributed by atoms with Gasteiger partial charge in [-0.25, -0.2) is 0 Å². The minimum atomic E-state index is -0.681. The van der Waals surface area contributed by atoms with E-state index in [1.165, 1.54) is 5.56 Å². The summed E-state index contributed by atoms with van der Waals surface area (Å²) in [7, 11) is 0.